The van der Waals surface area contributed by atoms with Gasteiger partial charge in [-0.25, -0.2) is 9.97 Å². The van der Waals surface area contributed by atoms with Gasteiger partial charge in [0.1, 0.15) is 11.5 Å². The number of nitrogens with zero attached hydrogens (tertiary/aromatic N) is 8. The highest BCUT2D eigenvalue weighted by Crippen LogP contribution is 2.34. The van der Waals surface area contributed by atoms with E-state index < -0.39 is 0 Å². The Morgan fingerprint density at radius 1 is 0.833 bits per heavy atom. The normalized spacial score (nSPS) is 19.2. The molecule has 8 rings (SSSR count). The Morgan fingerprint density at radius 2 is 1.65 bits per heavy atom. The van der Waals surface area contributed by atoms with Crippen LogP contribution in [0.3, 0.4) is 0 Å². The zero-order valence-corrected chi connectivity index (χ0v) is 27.4. The summed E-state index contributed by atoms with van der Waals surface area (Å²) in [5.41, 5.74) is 7.06. The zero-order chi connectivity index (χ0) is 32.5. The third kappa shape index (κ3) is 6.28. The molecule has 0 unspecified atom stereocenters. The number of likely N-dealkylation sites (tertiary alicyclic amines) is 1. The van der Waals surface area contributed by atoms with Crippen molar-refractivity contribution >= 4 is 17.0 Å². The van der Waals surface area contributed by atoms with E-state index in [-0.39, 0.29) is 0 Å². The van der Waals surface area contributed by atoms with E-state index in [0.717, 1.165) is 102 Å². The van der Waals surface area contributed by atoms with Gasteiger partial charge in [-0.15, -0.1) is 10.2 Å². The van der Waals surface area contributed by atoms with Gasteiger partial charge in [0, 0.05) is 66.5 Å². The van der Waals surface area contributed by atoms with Gasteiger partial charge in [0.05, 0.1) is 5.69 Å². The minimum absolute atomic E-state index is 0.312. The summed E-state index contributed by atoms with van der Waals surface area (Å²) < 4.78 is 0. The second-order valence-electron chi connectivity index (χ2n) is 13.2. The van der Waals surface area contributed by atoms with Gasteiger partial charge in [0.2, 0.25) is 5.95 Å². The van der Waals surface area contributed by atoms with Gasteiger partial charge in [-0.2, -0.15) is 4.98 Å². The molecular weight excluding hydrogens is 596 g/mol. The van der Waals surface area contributed by atoms with Crippen LogP contribution in [0, 0.1) is 0 Å². The highest BCUT2D eigenvalue weighted by atomic mass is 15.3. The van der Waals surface area contributed by atoms with Gasteiger partial charge in [-0.3, -0.25) is 9.88 Å². The molecule has 0 spiro atoms. The van der Waals surface area contributed by atoms with Gasteiger partial charge in [0.25, 0.3) is 0 Å². The van der Waals surface area contributed by atoms with Crippen molar-refractivity contribution in [2.24, 2.45) is 0 Å². The van der Waals surface area contributed by atoms with E-state index in [1.807, 2.05) is 30.5 Å². The topological polar surface area (TPSA) is 112 Å². The van der Waals surface area contributed by atoms with Crippen molar-refractivity contribution in [3.05, 3.63) is 103 Å². The summed E-state index contributed by atoms with van der Waals surface area (Å²) in [7, 11) is 0. The first-order chi connectivity index (χ1) is 23.6. The molecule has 0 radical (unpaired) electrons. The molecule has 2 aromatic carbocycles. The number of hydrogen-bond donors (Lipinski definition) is 2. The van der Waals surface area contributed by atoms with E-state index >= 15 is 0 Å². The Kier molecular flexibility index (Phi) is 8.34. The maximum atomic E-state index is 5.20. The van der Waals surface area contributed by atoms with E-state index in [9.17, 15) is 0 Å². The number of fused-ring (bicyclic) bond motifs is 1. The average molecular weight is 637 g/mol. The number of hydrogen-bond acceptors (Lipinski definition) is 9. The van der Waals surface area contributed by atoms with Crippen molar-refractivity contribution in [1.82, 2.24) is 45.3 Å². The molecule has 0 bridgehead atoms. The zero-order valence-electron chi connectivity index (χ0n) is 27.4. The van der Waals surface area contributed by atoms with Crippen molar-refractivity contribution in [3.8, 4) is 33.9 Å². The number of H-pyrrole nitrogens is 1. The molecule has 6 aromatic rings. The summed E-state index contributed by atoms with van der Waals surface area (Å²) in [5, 5.41) is 13.3. The number of benzene rings is 2. The smallest absolute Gasteiger partial charge is 0.227 e. The molecule has 10 heteroatoms. The van der Waals surface area contributed by atoms with Crippen molar-refractivity contribution in [2.75, 3.05) is 31.1 Å². The lowest BCUT2D eigenvalue weighted by molar-refractivity contribution is 0.202. The number of piperidine rings is 1. The molecule has 48 heavy (non-hydrogen) atoms. The Bertz CT molecular complexity index is 1990. The molecule has 4 aromatic heterocycles. The lowest BCUT2D eigenvalue weighted by atomic mass is 9.95. The molecular formula is C38H40N10. The molecule has 0 saturated carbocycles. The van der Waals surface area contributed by atoms with E-state index in [1.165, 1.54) is 5.56 Å². The highest BCUT2D eigenvalue weighted by molar-refractivity contribution is 5.90. The summed E-state index contributed by atoms with van der Waals surface area (Å²) in [5.74, 6) is 2.82. The molecule has 2 aliphatic rings. The Labute approximate surface area is 280 Å². The number of aromatic amines is 1. The first-order valence-electron chi connectivity index (χ1n) is 17.0. The van der Waals surface area contributed by atoms with Crippen molar-refractivity contribution in [2.45, 2.75) is 51.2 Å². The van der Waals surface area contributed by atoms with Gasteiger partial charge in [-0.05, 0) is 69.1 Å². The van der Waals surface area contributed by atoms with Crippen LogP contribution in [0.5, 0.6) is 0 Å². The van der Waals surface area contributed by atoms with Gasteiger partial charge in [0.15, 0.2) is 11.5 Å². The lowest BCUT2D eigenvalue weighted by Gasteiger charge is -2.37. The third-order valence-corrected chi connectivity index (χ3v) is 9.68. The van der Waals surface area contributed by atoms with Crippen LogP contribution < -0.4 is 10.2 Å². The first-order valence-corrected chi connectivity index (χ1v) is 17.0. The molecule has 10 nitrogen and oxygen atoms in total. The molecule has 2 atom stereocenters. The third-order valence-electron chi connectivity index (χ3n) is 9.68. The summed E-state index contributed by atoms with van der Waals surface area (Å²) in [6.45, 7) is 9.14. The lowest BCUT2D eigenvalue weighted by Crippen LogP contribution is -2.55. The van der Waals surface area contributed by atoms with Gasteiger partial charge < -0.3 is 15.2 Å². The fourth-order valence-electron chi connectivity index (χ4n) is 6.92. The highest BCUT2D eigenvalue weighted by Gasteiger charge is 2.26. The standard InChI is InChI=1S/C38H40N10/c1-25-23-48(26(2)21-40-25)38-41-22-31-20-32(28-8-4-3-5-9-28)34(42-35(31)44-38)29-13-11-27(12-14-29)24-47-18-15-30(16-19-47)36-43-37(46-45-36)33-10-6-7-17-39-33/h3-14,17,20,22,25-26,30,40H,15-16,18-19,21,23-24H2,1-2H3,(H,43,45,46)/t25-,26+/m1/s1. The Balaban J connectivity index is 1.00. The number of aromatic nitrogens is 7. The quantitative estimate of drug-likeness (QED) is 0.215. The fourth-order valence-corrected chi connectivity index (χ4v) is 6.92. The summed E-state index contributed by atoms with van der Waals surface area (Å²) in [6, 6.07) is 28.1. The molecule has 2 fully saturated rings. The second kappa shape index (κ2) is 13.2. The Hall–Kier alpha value is -5.06. The van der Waals surface area contributed by atoms with Crippen LogP contribution in [0.2, 0.25) is 0 Å². The van der Waals surface area contributed by atoms with Crippen molar-refractivity contribution in [1.29, 1.82) is 0 Å². The minimum Gasteiger partial charge on any atom is -0.335 e. The molecule has 0 aliphatic carbocycles. The van der Waals surface area contributed by atoms with Crippen LogP contribution in [0.15, 0.2) is 91.3 Å². The van der Waals surface area contributed by atoms with E-state index in [4.69, 9.17) is 15.0 Å². The molecule has 0 amide bonds. The Morgan fingerprint density at radius 3 is 2.44 bits per heavy atom. The molecule has 2 saturated heterocycles. The molecule has 242 valence electrons. The maximum Gasteiger partial charge on any atom is 0.227 e. The largest absolute Gasteiger partial charge is 0.335 e. The van der Waals surface area contributed by atoms with Gasteiger partial charge >= 0.3 is 0 Å². The summed E-state index contributed by atoms with van der Waals surface area (Å²) in [4.78, 5) is 27.6. The summed E-state index contributed by atoms with van der Waals surface area (Å²) >= 11 is 0. The van der Waals surface area contributed by atoms with E-state index in [1.54, 1.807) is 6.20 Å². The van der Waals surface area contributed by atoms with Crippen LogP contribution in [0.4, 0.5) is 5.95 Å². The first kappa shape index (κ1) is 30.3. The van der Waals surface area contributed by atoms with Crippen LogP contribution in [-0.4, -0.2) is 78.3 Å². The number of nitrogens with one attached hydrogen (secondary N) is 2. The SMILES string of the molecule is C[C@@H]1CN(c2ncc3cc(-c4ccccc4)c(-c4ccc(CN5CCC(c6nnc(-c7ccccn7)[nH]6)CC5)cc4)nc3n2)[C@@H](C)CN1. The van der Waals surface area contributed by atoms with Gasteiger partial charge in [-0.1, -0.05) is 60.7 Å². The fraction of sp³-hybridized carbons (Fsp3) is 0.316. The second-order valence-corrected chi connectivity index (χ2v) is 13.2. The summed E-state index contributed by atoms with van der Waals surface area (Å²) in [6.07, 6.45) is 5.80. The average Bonchev–Trinajstić information content (AvgIpc) is 3.64. The predicted octanol–water partition coefficient (Wildman–Crippen LogP) is 6.11. The van der Waals surface area contributed by atoms with Crippen LogP contribution in [-0.2, 0) is 6.54 Å². The number of anilines is 1. The molecule has 2 aliphatic heterocycles. The number of rotatable bonds is 7. The minimum atomic E-state index is 0.312. The maximum absolute atomic E-state index is 5.20. The number of pyridine rings is 2. The van der Waals surface area contributed by atoms with Crippen LogP contribution >= 0.6 is 0 Å². The number of piperazine rings is 1. The van der Waals surface area contributed by atoms with E-state index in [0.29, 0.717) is 18.0 Å². The van der Waals surface area contributed by atoms with Crippen LogP contribution in [0.1, 0.15) is 44.0 Å². The van der Waals surface area contributed by atoms with Crippen LogP contribution in [0.25, 0.3) is 44.9 Å². The predicted molar refractivity (Wildman–Crippen MR) is 189 cm³/mol. The van der Waals surface area contributed by atoms with Crippen molar-refractivity contribution in [3.63, 3.8) is 0 Å². The van der Waals surface area contributed by atoms with E-state index in [2.05, 4.69) is 104 Å². The molecule has 6 heterocycles. The van der Waals surface area contributed by atoms with Crippen molar-refractivity contribution < 1.29 is 0 Å². The monoisotopic (exact) mass is 636 g/mol. The molecule has 2 N–H and O–H groups in total.